The zero-order valence-electron chi connectivity index (χ0n) is 12.6. The highest BCUT2D eigenvalue weighted by Gasteiger charge is 2.26. The maximum Gasteiger partial charge on any atom is 0.313 e. The molecule has 6 heteroatoms. The maximum atomic E-state index is 12.0. The average molecular weight is 304 g/mol. The van der Waals surface area contributed by atoms with Gasteiger partial charge in [-0.2, -0.15) is 0 Å². The van der Waals surface area contributed by atoms with Gasteiger partial charge in [0.1, 0.15) is 6.42 Å². The van der Waals surface area contributed by atoms with Crippen molar-refractivity contribution in [3.8, 4) is 0 Å². The zero-order valence-corrected chi connectivity index (χ0v) is 12.6. The van der Waals surface area contributed by atoms with Crippen LogP contribution >= 0.6 is 0 Å². The molecule has 0 radical (unpaired) electrons. The fourth-order valence-electron chi connectivity index (χ4n) is 1.24. The molecule has 0 aliphatic heterocycles. The van der Waals surface area contributed by atoms with E-state index < -0.39 is 12.3 Å². The topological polar surface area (TPSA) is 61.8 Å². The summed E-state index contributed by atoms with van der Waals surface area (Å²) in [7, 11) is 0. The molecule has 0 bridgehead atoms. The summed E-state index contributed by atoms with van der Waals surface area (Å²) in [5.41, 5.74) is 0. The molecular formula is C14H29AlO5. The summed E-state index contributed by atoms with van der Waals surface area (Å²) in [6.45, 7) is 9.61. The number of rotatable bonds is 10. The summed E-state index contributed by atoms with van der Waals surface area (Å²) in [6, 6.07) is 0. The lowest BCUT2D eigenvalue weighted by molar-refractivity contribution is -0.196. The van der Waals surface area contributed by atoms with Crippen molar-refractivity contribution < 1.29 is 23.8 Å². The van der Waals surface area contributed by atoms with Crippen LogP contribution in [0.1, 0.15) is 53.9 Å². The number of ether oxygens (including phenoxy) is 3. The van der Waals surface area contributed by atoms with Gasteiger partial charge < -0.3 is 14.2 Å². The SMILES string of the molecule is CCOC(=O)CC(=O)C(OC(C)CC)OC(C)CC.[AlH3]. The first-order valence-corrected chi connectivity index (χ1v) is 6.93. The molecule has 0 aliphatic carbocycles. The second-order valence-electron chi connectivity index (χ2n) is 4.49. The molecule has 118 valence electrons. The van der Waals surface area contributed by atoms with Crippen molar-refractivity contribution in [3.05, 3.63) is 0 Å². The van der Waals surface area contributed by atoms with Crippen LogP contribution in [-0.2, 0) is 23.8 Å². The van der Waals surface area contributed by atoms with Crippen LogP contribution < -0.4 is 0 Å². The summed E-state index contributed by atoms with van der Waals surface area (Å²) in [4.78, 5) is 23.3. The van der Waals surface area contributed by atoms with Crippen molar-refractivity contribution in [1.82, 2.24) is 0 Å². The number of Topliss-reactive ketones (excluding diaryl/α,β-unsaturated/α-hetero) is 1. The Bertz CT molecular complexity index is 271. The Morgan fingerprint density at radius 1 is 0.950 bits per heavy atom. The van der Waals surface area contributed by atoms with E-state index in [0.717, 1.165) is 12.8 Å². The summed E-state index contributed by atoms with van der Waals surface area (Å²) in [6.07, 6.45) is 0.0422. The molecule has 2 unspecified atom stereocenters. The normalized spacial score (nSPS) is 14.8. The Hall–Kier alpha value is -0.408. The third-order valence-corrected chi connectivity index (χ3v) is 2.75. The summed E-state index contributed by atoms with van der Waals surface area (Å²) in [5.74, 6) is -0.933. The standard InChI is InChI=1S/C14H26O5.Al.3H/c1-6-10(4)18-14(19-11(5)7-2)12(15)9-13(16)17-8-3;;;;/h10-11,14H,6-9H2,1-5H3;;;;. The first kappa shape index (κ1) is 21.9. The molecule has 0 aromatic rings. The number of carbonyl (C=O) groups excluding carboxylic acids is 2. The number of ketones is 1. The number of carbonyl (C=O) groups is 2. The van der Waals surface area contributed by atoms with E-state index in [1.54, 1.807) is 6.92 Å². The molecule has 0 heterocycles. The predicted molar refractivity (Wildman–Crippen MR) is 81.7 cm³/mol. The largest absolute Gasteiger partial charge is 0.466 e. The molecule has 0 fully saturated rings. The molecule has 0 spiro atoms. The molecule has 0 rings (SSSR count). The molecule has 2 atom stereocenters. The molecule has 0 amide bonds. The van der Waals surface area contributed by atoms with Gasteiger partial charge in [0.2, 0.25) is 6.29 Å². The molecular weight excluding hydrogens is 275 g/mol. The van der Waals surface area contributed by atoms with Crippen molar-refractivity contribution in [2.45, 2.75) is 72.4 Å². The van der Waals surface area contributed by atoms with E-state index in [1.807, 2.05) is 27.7 Å². The number of esters is 1. The fraction of sp³-hybridized carbons (Fsp3) is 0.857. The molecule has 0 aromatic carbocycles. The highest BCUT2D eigenvalue weighted by Crippen LogP contribution is 2.11. The van der Waals surface area contributed by atoms with Crippen molar-refractivity contribution in [2.75, 3.05) is 6.61 Å². The highest BCUT2D eigenvalue weighted by molar-refractivity contribution is 5.97. The highest BCUT2D eigenvalue weighted by atomic mass is 27.0. The monoisotopic (exact) mass is 304 g/mol. The van der Waals surface area contributed by atoms with Crippen LogP contribution in [0, 0.1) is 0 Å². The van der Waals surface area contributed by atoms with Crippen LogP contribution in [0.5, 0.6) is 0 Å². The Kier molecular flexibility index (Phi) is 13.5. The third kappa shape index (κ3) is 9.49. The van der Waals surface area contributed by atoms with Gasteiger partial charge in [-0.25, -0.2) is 0 Å². The van der Waals surface area contributed by atoms with Crippen molar-refractivity contribution in [1.29, 1.82) is 0 Å². The lowest BCUT2D eigenvalue weighted by Gasteiger charge is -2.23. The smallest absolute Gasteiger partial charge is 0.313 e. The fourth-order valence-corrected chi connectivity index (χ4v) is 1.24. The van der Waals surface area contributed by atoms with Crippen LogP contribution in [0.15, 0.2) is 0 Å². The Labute approximate surface area is 132 Å². The second-order valence-corrected chi connectivity index (χ2v) is 4.49. The van der Waals surface area contributed by atoms with E-state index in [1.165, 1.54) is 0 Å². The average Bonchev–Trinajstić information content (AvgIpc) is 2.37. The Balaban J connectivity index is 0. The summed E-state index contributed by atoms with van der Waals surface area (Å²) in [5, 5.41) is 0. The molecule has 0 saturated carbocycles. The van der Waals surface area contributed by atoms with E-state index >= 15 is 0 Å². The van der Waals surface area contributed by atoms with Gasteiger partial charge in [0.05, 0.1) is 18.8 Å². The predicted octanol–water partition coefficient (Wildman–Crippen LogP) is 1.28. The van der Waals surface area contributed by atoms with Gasteiger partial charge in [-0.15, -0.1) is 0 Å². The van der Waals surface area contributed by atoms with E-state index in [0.29, 0.717) is 0 Å². The van der Waals surface area contributed by atoms with E-state index in [4.69, 9.17) is 14.2 Å². The minimum absolute atomic E-state index is 0. The third-order valence-electron chi connectivity index (χ3n) is 2.75. The van der Waals surface area contributed by atoms with Gasteiger partial charge in [0.15, 0.2) is 23.1 Å². The van der Waals surface area contributed by atoms with Gasteiger partial charge in [-0.1, -0.05) is 13.8 Å². The van der Waals surface area contributed by atoms with Crippen LogP contribution in [0.2, 0.25) is 0 Å². The first-order chi connectivity index (χ1) is 8.94. The van der Waals surface area contributed by atoms with Gasteiger partial charge in [-0.3, -0.25) is 9.59 Å². The second kappa shape index (κ2) is 12.3. The lowest BCUT2D eigenvalue weighted by Crippen LogP contribution is -2.35. The minimum atomic E-state index is -0.991. The number of hydrogen-bond acceptors (Lipinski definition) is 5. The molecule has 0 aromatic heterocycles. The summed E-state index contributed by atoms with van der Waals surface area (Å²) >= 11 is 0. The Morgan fingerprint density at radius 3 is 1.75 bits per heavy atom. The van der Waals surface area contributed by atoms with E-state index in [9.17, 15) is 9.59 Å². The van der Waals surface area contributed by atoms with Crippen LogP contribution in [-0.4, -0.2) is 54.2 Å². The van der Waals surface area contributed by atoms with E-state index in [2.05, 4.69) is 0 Å². The first-order valence-electron chi connectivity index (χ1n) is 6.93. The van der Waals surface area contributed by atoms with Crippen LogP contribution in [0.4, 0.5) is 0 Å². The zero-order chi connectivity index (χ0) is 14.8. The van der Waals surface area contributed by atoms with Crippen molar-refractivity contribution in [2.24, 2.45) is 0 Å². The molecule has 20 heavy (non-hydrogen) atoms. The van der Waals surface area contributed by atoms with Crippen molar-refractivity contribution >= 4 is 29.1 Å². The molecule has 5 nitrogen and oxygen atoms in total. The molecule has 0 aliphatic rings. The Morgan fingerprint density at radius 2 is 1.40 bits per heavy atom. The van der Waals surface area contributed by atoms with Crippen molar-refractivity contribution in [3.63, 3.8) is 0 Å². The van der Waals surface area contributed by atoms with Crippen LogP contribution in [0.3, 0.4) is 0 Å². The minimum Gasteiger partial charge on any atom is -0.466 e. The van der Waals surface area contributed by atoms with Gasteiger partial charge >= 0.3 is 5.97 Å². The van der Waals surface area contributed by atoms with E-state index in [-0.39, 0.29) is 48.4 Å². The number of hydrogen-bond donors (Lipinski definition) is 0. The quantitative estimate of drug-likeness (QED) is 0.263. The molecule has 0 saturated heterocycles. The van der Waals surface area contributed by atoms with Gasteiger partial charge in [-0.05, 0) is 33.6 Å². The lowest BCUT2D eigenvalue weighted by atomic mass is 10.2. The maximum absolute atomic E-state index is 12.0. The van der Waals surface area contributed by atoms with Crippen LogP contribution in [0.25, 0.3) is 0 Å². The summed E-state index contributed by atoms with van der Waals surface area (Å²) < 4.78 is 15.8. The van der Waals surface area contributed by atoms with Gasteiger partial charge in [0, 0.05) is 0 Å². The molecule has 0 N–H and O–H groups in total. The van der Waals surface area contributed by atoms with Gasteiger partial charge in [0.25, 0.3) is 0 Å².